The largest absolute Gasteiger partial charge is 0.340 e. The van der Waals surface area contributed by atoms with E-state index >= 15 is 0 Å². The Hall–Kier alpha value is -0.710. The summed E-state index contributed by atoms with van der Waals surface area (Å²) in [5, 5.41) is 4.29. The van der Waals surface area contributed by atoms with Crippen molar-refractivity contribution in [2.24, 2.45) is 0 Å². The van der Waals surface area contributed by atoms with Crippen LogP contribution in [0.2, 0.25) is 5.02 Å². The highest BCUT2D eigenvalue weighted by Gasteiger charge is 2.32. The van der Waals surface area contributed by atoms with Crippen LogP contribution in [0.15, 0.2) is 29.2 Å². The molecule has 1 aromatic carbocycles. The summed E-state index contributed by atoms with van der Waals surface area (Å²) in [6.07, 6.45) is 3.55. The second-order valence-corrected chi connectivity index (χ2v) is 7.78. The summed E-state index contributed by atoms with van der Waals surface area (Å²) < 4.78 is 0. The molecule has 2 saturated heterocycles. The third kappa shape index (κ3) is 3.74. The van der Waals surface area contributed by atoms with Gasteiger partial charge in [-0.1, -0.05) is 11.6 Å². The Balaban J connectivity index is 1.60. The lowest BCUT2D eigenvalue weighted by Crippen LogP contribution is -2.42. The van der Waals surface area contributed by atoms with Crippen molar-refractivity contribution in [2.75, 3.05) is 13.1 Å². The number of nitrogens with one attached hydrogen (secondary N) is 1. The number of carbonyl (C=O) groups is 1. The summed E-state index contributed by atoms with van der Waals surface area (Å²) >= 11 is 7.51. The van der Waals surface area contributed by atoms with Crippen molar-refractivity contribution in [3.63, 3.8) is 0 Å². The summed E-state index contributed by atoms with van der Waals surface area (Å²) in [7, 11) is 0. The molecule has 21 heavy (non-hydrogen) atoms. The number of amides is 1. The van der Waals surface area contributed by atoms with Crippen LogP contribution in [-0.4, -0.2) is 41.2 Å². The van der Waals surface area contributed by atoms with E-state index in [1.807, 2.05) is 36.1 Å². The Morgan fingerprint density at radius 1 is 1.29 bits per heavy atom. The maximum atomic E-state index is 12.6. The van der Waals surface area contributed by atoms with E-state index in [2.05, 4.69) is 5.32 Å². The second-order valence-electron chi connectivity index (χ2n) is 5.92. The summed E-state index contributed by atoms with van der Waals surface area (Å²) in [6, 6.07) is 8.80. The molecule has 3 atom stereocenters. The lowest BCUT2D eigenvalue weighted by molar-refractivity contribution is -0.130. The van der Waals surface area contributed by atoms with Gasteiger partial charge in [0.25, 0.3) is 0 Å². The van der Waals surface area contributed by atoms with Gasteiger partial charge in [0.1, 0.15) is 0 Å². The van der Waals surface area contributed by atoms with Gasteiger partial charge in [0, 0.05) is 35.1 Å². The molecule has 0 aromatic heterocycles. The van der Waals surface area contributed by atoms with Crippen LogP contribution in [-0.2, 0) is 4.79 Å². The number of benzene rings is 1. The molecule has 5 heteroatoms. The summed E-state index contributed by atoms with van der Waals surface area (Å²) in [5.74, 6) is 0.254. The standard InChI is InChI=1S/C16H21ClN2OS/c1-11(21-15-6-2-12(17)3-7-15)16(20)19-9-8-13-4-5-14(10-19)18-13/h2-3,6-7,11,13-14,18H,4-5,8-10H2,1H3. The molecule has 2 aliphatic heterocycles. The summed E-state index contributed by atoms with van der Waals surface area (Å²) in [5.41, 5.74) is 0. The molecule has 1 N–H and O–H groups in total. The van der Waals surface area contributed by atoms with E-state index in [1.165, 1.54) is 12.8 Å². The van der Waals surface area contributed by atoms with E-state index in [-0.39, 0.29) is 11.2 Å². The molecule has 0 radical (unpaired) electrons. The van der Waals surface area contributed by atoms with Gasteiger partial charge in [0.15, 0.2) is 0 Å². The van der Waals surface area contributed by atoms with Crippen molar-refractivity contribution in [3.8, 4) is 0 Å². The fourth-order valence-electron chi connectivity index (χ4n) is 3.17. The van der Waals surface area contributed by atoms with Gasteiger partial charge >= 0.3 is 0 Å². The van der Waals surface area contributed by atoms with E-state index in [0.717, 1.165) is 29.4 Å². The molecule has 3 nitrogen and oxygen atoms in total. The van der Waals surface area contributed by atoms with Crippen molar-refractivity contribution in [1.29, 1.82) is 0 Å². The molecule has 114 valence electrons. The number of likely N-dealkylation sites (tertiary alicyclic amines) is 1. The number of rotatable bonds is 3. The molecule has 0 spiro atoms. The molecule has 2 aliphatic rings. The van der Waals surface area contributed by atoms with Crippen molar-refractivity contribution >= 4 is 29.3 Å². The average molecular weight is 325 g/mol. The zero-order valence-electron chi connectivity index (χ0n) is 12.2. The van der Waals surface area contributed by atoms with Crippen LogP contribution >= 0.6 is 23.4 Å². The van der Waals surface area contributed by atoms with Crippen LogP contribution in [0, 0.1) is 0 Å². The van der Waals surface area contributed by atoms with Crippen molar-refractivity contribution in [2.45, 2.75) is 48.4 Å². The normalized spacial score (nSPS) is 26.5. The van der Waals surface area contributed by atoms with Gasteiger partial charge in [-0.2, -0.15) is 0 Å². The highest BCUT2D eigenvalue weighted by atomic mass is 35.5. The van der Waals surface area contributed by atoms with Crippen molar-refractivity contribution < 1.29 is 4.79 Å². The monoisotopic (exact) mass is 324 g/mol. The first-order valence-electron chi connectivity index (χ1n) is 7.59. The Morgan fingerprint density at radius 3 is 2.76 bits per heavy atom. The number of halogens is 1. The minimum atomic E-state index is -0.0530. The van der Waals surface area contributed by atoms with Crippen LogP contribution in [0.5, 0.6) is 0 Å². The molecule has 2 heterocycles. The molecular weight excluding hydrogens is 304 g/mol. The zero-order chi connectivity index (χ0) is 14.8. The van der Waals surface area contributed by atoms with Crippen LogP contribution in [0.1, 0.15) is 26.2 Å². The lowest BCUT2D eigenvalue weighted by Gasteiger charge is -2.27. The van der Waals surface area contributed by atoms with Gasteiger partial charge in [-0.3, -0.25) is 4.79 Å². The smallest absolute Gasteiger partial charge is 0.235 e. The maximum Gasteiger partial charge on any atom is 0.235 e. The maximum absolute atomic E-state index is 12.6. The summed E-state index contributed by atoms with van der Waals surface area (Å²) in [4.78, 5) is 15.8. The molecule has 1 aromatic rings. The Morgan fingerprint density at radius 2 is 2.00 bits per heavy atom. The third-order valence-corrected chi connectivity index (χ3v) is 5.66. The number of thioether (sulfide) groups is 1. The Labute approximate surface area is 135 Å². The van der Waals surface area contributed by atoms with Gasteiger partial charge in [-0.15, -0.1) is 11.8 Å². The van der Waals surface area contributed by atoms with Gasteiger partial charge in [0.2, 0.25) is 5.91 Å². The highest BCUT2D eigenvalue weighted by molar-refractivity contribution is 8.00. The van der Waals surface area contributed by atoms with Crippen molar-refractivity contribution in [3.05, 3.63) is 29.3 Å². The minimum absolute atomic E-state index is 0.0530. The number of hydrogen-bond donors (Lipinski definition) is 1. The van der Waals surface area contributed by atoms with E-state index in [1.54, 1.807) is 11.8 Å². The molecular formula is C16H21ClN2OS. The Kier molecular flexibility index (Phi) is 4.77. The molecule has 3 rings (SSSR count). The van der Waals surface area contributed by atoms with Crippen LogP contribution in [0.25, 0.3) is 0 Å². The molecule has 3 unspecified atom stereocenters. The van der Waals surface area contributed by atoms with Crippen LogP contribution < -0.4 is 5.32 Å². The Bertz CT molecular complexity index is 508. The first-order valence-corrected chi connectivity index (χ1v) is 8.84. The molecule has 2 fully saturated rings. The molecule has 1 amide bonds. The van der Waals surface area contributed by atoms with Gasteiger partial charge in [0.05, 0.1) is 5.25 Å². The van der Waals surface area contributed by atoms with Gasteiger partial charge < -0.3 is 10.2 Å². The van der Waals surface area contributed by atoms with E-state index in [0.29, 0.717) is 12.1 Å². The minimum Gasteiger partial charge on any atom is -0.340 e. The average Bonchev–Trinajstić information content (AvgIpc) is 2.80. The highest BCUT2D eigenvalue weighted by Crippen LogP contribution is 2.27. The fourth-order valence-corrected chi connectivity index (χ4v) is 4.25. The quantitative estimate of drug-likeness (QED) is 0.867. The van der Waals surface area contributed by atoms with E-state index < -0.39 is 0 Å². The zero-order valence-corrected chi connectivity index (χ0v) is 13.8. The lowest BCUT2D eigenvalue weighted by atomic mass is 10.1. The van der Waals surface area contributed by atoms with Gasteiger partial charge in [-0.05, 0) is 50.5 Å². The van der Waals surface area contributed by atoms with Gasteiger partial charge in [-0.25, -0.2) is 0 Å². The predicted molar refractivity (Wildman–Crippen MR) is 87.9 cm³/mol. The molecule has 2 bridgehead atoms. The number of carbonyl (C=O) groups excluding carboxylic acids is 1. The number of nitrogens with zero attached hydrogens (tertiary/aromatic N) is 1. The van der Waals surface area contributed by atoms with E-state index in [4.69, 9.17) is 11.6 Å². The SMILES string of the molecule is CC(Sc1ccc(Cl)cc1)C(=O)N1CCC2CCC(C1)N2. The summed E-state index contributed by atoms with van der Waals surface area (Å²) in [6.45, 7) is 3.75. The van der Waals surface area contributed by atoms with E-state index in [9.17, 15) is 4.79 Å². The predicted octanol–water partition coefficient (Wildman–Crippen LogP) is 3.17. The van der Waals surface area contributed by atoms with Crippen LogP contribution in [0.4, 0.5) is 0 Å². The first kappa shape index (κ1) is 15.2. The topological polar surface area (TPSA) is 32.3 Å². The second kappa shape index (κ2) is 6.59. The number of fused-ring (bicyclic) bond motifs is 2. The van der Waals surface area contributed by atoms with Crippen molar-refractivity contribution in [1.82, 2.24) is 10.2 Å². The first-order chi connectivity index (χ1) is 10.1. The molecule has 0 aliphatic carbocycles. The molecule has 0 saturated carbocycles. The fraction of sp³-hybridized carbons (Fsp3) is 0.562. The van der Waals surface area contributed by atoms with Crippen LogP contribution in [0.3, 0.4) is 0 Å². The third-order valence-electron chi connectivity index (χ3n) is 4.31. The number of hydrogen-bond acceptors (Lipinski definition) is 3.